The lowest BCUT2D eigenvalue weighted by molar-refractivity contribution is -0.137. The molecule has 1 heterocycles. The summed E-state index contributed by atoms with van der Waals surface area (Å²) in [5.74, 6) is 0.442. The van der Waals surface area contributed by atoms with Crippen LogP contribution in [0.15, 0.2) is 48.5 Å². The summed E-state index contributed by atoms with van der Waals surface area (Å²) in [6.45, 7) is 2.16. The molecule has 3 aromatic rings. The van der Waals surface area contributed by atoms with Crippen LogP contribution in [0, 0.1) is 11.3 Å². The van der Waals surface area contributed by atoms with E-state index < -0.39 is 6.10 Å². The fourth-order valence-electron chi connectivity index (χ4n) is 2.44. The number of para-hydroxylation sites is 1. The Hall–Kier alpha value is -2.91. The maximum atomic E-state index is 12.5. The lowest BCUT2D eigenvalue weighted by Gasteiger charge is -2.21. The molecule has 0 radical (unpaired) electrons. The first kappa shape index (κ1) is 16.9. The monoisotopic (exact) mass is 351 g/mol. The van der Waals surface area contributed by atoms with Crippen molar-refractivity contribution in [3.63, 3.8) is 0 Å². The average molecular weight is 351 g/mol. The Morgan fingerprint density at radius 3 is 2.68 bits per heavy atom. The van der Waals surface area contributed by atoms with Crippen molar-refractivity contribution >= 4 is 27.5 Å². The maximum absolute atomic E-state index is 12.5. The number of carbonyl (C=O) groups is 1. The maximum Gasteiger partial charge on any atom is 0.263 e. The van der Waals surface area contributed by atoms with E-state index in [0.29, 0.717) is 17.9 Å². The Balaban J connectivity index is 1.63. The van der Waals surface area contributed by atoms with Gasteiger partial charge in [-0.25, -0.2) is 4.98 Å². The number of ether oxygens (including phenoxy) is 1. The number of fused-ring (bicyclic) bond motifs is 1. The average Bonchev–Trinajstić information content (AvgIpc) is 3.03. The number of hydrogen-bond donors (Lipinski definition) is 0. The van der Waals surface area contributed by atoms with Gasteiger partial charge in [-0.1, -0.05) is 12.1 Å². The number of carbonyl (C=O) groups excluding carboxylic acids is 1. The second kappa shape index (κ2) is 7.32. The SMILES string of the molecule is CC(Oc1ccc(C#N)cc1)C(=O)N(C)Cc1nc2ccccc2s1. The van der Waals surface area contributed by atoms with E-state index in [1.54, 1.807) is 54.5 Å². The fourth-order valence-corrected chi connectivity index (χ4v) is 3.46. The molecule has 1 unspecified atom stereocenters. The van der Waals surface area contributed by atoms with Crippen molar-refractivity contribution < 1.29 is 9.53 Å². The van der Waals surface area contributed by atoms with Crippen molar-refractivity contribution in [3.8, 4) is 11.8 Å². The quantitative estimate of drug-likeness (QED) is 0.704. The van der Waals surface area contributed by atoms with E-state index in [1.165, 1.54) is 0 Å². The van der Waals surface area contributed by atoms with E-state index >= 15 is 0 Å². The molecule has 6 heteroatoms. The van der Waals surface area contributed by atoms with Crippen LogP contribution in [0.4, 0.5) is 0 Å². The van der Waals surface area contributed by atoms with Gasteiger partial charge in [0.2, 0.25) is 0 Å². The van der Waals surface area contributed by atoms with E-state index in [2.05, 4.69) is 11.1 Å². The first-order valence-corrected chi connectivity index (χ1v) is 8.64. The van der Waals surface area contributed by atoms with Gasteiger partial charge in [-0.3, -0.25) is 4.79 Å². The van der Waals surface area contributed by atoms with Crippen LogP contribution in [0.25, 0.3) is 10.2 Å². The first-order chi connectivity index (χ1) is 12.1. The van der Waals surface area contributed by atoms with Crippen LogP contribution < -0.4 is 4.74 Å². The van der Waals surface area contributed by atoms with Gasteiger partial charge in [0.25, 0.3) is 5.91 Å². The van der Waals surface area contributed by atoms with Gasteiger partial charge in [-0.2, -0.15) is 5.26 Å². The van der Waals surface area contributed by atoms with Gasteiger partial charge in [0, 0.05) is 7.05 Å². The predicted molar refractivity (Wildman–Crippen MR) is 97.3 cm³/mol. The number of rotatable bonds is 5. The fraction of sp³-hybridized carbons (Fsp3) is 0.211. The minimum atomic E-state index is -0.618. The van der Waals surface area contributed by atoms with Crippen LogP contribution in [-0.4, -0.2) is 28.9 Å². The van der Waals surface area contributed by atoms with Crippen molar-refractivity contribution in [3.05, 3.63) is 59.1 Å². The minimum Gasteiger partial charge on any atom is -0.481 e. The summed E-state index contributed by atoms with van der Waals surface area (Å²) in [5, 5.41) is 9.70. The number of nitriles is 1. The van der Waals surface area contributed by atoms with Crippen molar-refractivity contribution in [1.29, 1.82) is 5.26 Å². The molecule has 1 atom stereocenters. The van der Waals surface area contributed by atoms with Gasteiger partial charge in [0.05, 0.1) is 28.4 Å². The molecule has 1 aromatic heterocycles. The molecule has 0 aliphatic carbocycles. The molecule has 0 bridgehead atoms. The largest absolute Gasteiger partial charge is 0.481 e. The zero-order valence-corrected chi connectivity index (χ0v) is 14.8. The van der Waals surface area contributed by atoms with Crippen molar-refractivity contribution in [1.82, 2.24) is 9.88 Å². The van der Waals surface area contributed by atoms with Gasteiger partial charge in [-0.15, -0.1) is 11.3 Å². The van der Waals surface area contributed by atoms with Gasteiger partial charge in [-0.05, 0) is 43.3 Å². The molecule has 1 amide bonds. The Morgan fingerprint density at radius 1 is 1.28 bits per heavy atom. The smallest absolute Gasteiger partial charge is 0.263 e. The van der Waals surface area contributed by atoms with Gasteiger partial charge in [0.1, 0.15) is 10.8 Å². The predicted octanol–water partition coefficient (Wildman–Crippen LogP) is 3.59. The molecule has 0 N–H and O–H groups in total. The molecule has 3 rings (SSSR count). The van der Waals surface area contributed by atoms with Crippen LogP contribution >= 0.6 is 11.3 Å². The standard InChI is InChI=1S/C19H17N3O2S/c1-13(24-15-9-7-14(11-20)8-10-15)19(23)22(2)12-18-21-16-5-3-4-6-17(16)25-18/h3-10,13H,12H2,1-2H3. The highest BCUT2D eigenvalue weighted by Crippen LogP contribution is 2.22. The molecule has 0 spiro atoms. The van der Waals surface area contributed by atoms with Gasteiger partial charge < -0.3 is 9.64 Å². The molecule has 2 aromatic carbocycles. The summed E-state index contributed by atoms with van der Waals surface area (Å²) in [5.41, 5.74) is 1.50. The van der Waals surface area contributed by atoms with E-state index in [1.807, 2.05) is 24.3 Å². The molecule has 25 heavy (non-hydrogen) atoms. The Labute approximate surface area is 150 Å². The highest BCUT2D eigenvalue weighted by molar-refractivity contribution is 7.18. The summed E-state index contributed by atoms with van der Waals surface area (Å²) in [4.78, 5) is 18.7. The summed E-state index contributed by atoms with van der Waals surface area (Å²) in [6.07, 6.45) is -0.618. The van der Waals surface area contributed by atoms with Crippen molar-refractivity contribution in [2.75, 3.05) is 7.05 Å². The molecule has 0 saturated carbocycles. The second-order valence-corrected chi connectivity index (χ2v) is 6.78. The number of thiazole rings is 1. The van der Waals surface area contributed by atoms with E-state index in [-0.39, 0.29) is 5.91 Å². The molecular formula is C19H17N3O2S. The minimum absolute atomic E-state index is 0.122. The molecule has 5 nitrogen and oxygen atoms in total. The zero-order valence-electron chi connectivity index (χ0n) is 14.0. The van der Waals surface area contributed by atoms with Crippen LogP contribution in [0.3, 0.4) is 0 Å². The third-order valence-electron chi connectivity index (χ3n) is 3.73. The van der Waals surface area contributed by atoms with Gasteiger partial charge in [0.15, 0.2) is 6.10 Å². The Bertz CT molecular complexity index is 895. The third-order valence-corrected chi connectivity index (χ3v) is 4.75. The zero-order chi connectivity index (χ0) is 17.8. The highest BCUT2D eigenvalue weighted by Gasteiger charge is 2.20. The molecular weight excluding hydrogens is 334 g/mol. The number of likely N-dealkylation sites (N-methyl/N-ethyl adjacent to an activating group) is 1. The summed E-state index contributed by atoms with van der Waals surface area (Å²) in [7, 11) is 1.74. The van der Waals surface area contributed by atoms with Crippen molar-refractivity contribution in [2.24, 2.45) is 0 Å². The summed E-state index contributed by atoms with van der Waals surface area (Å²) >= 11 is 1.59. The van der Waals surface area contributed by atoms with E-state index in [4.69, 9.17) is 10.00 Å². The first-order valence-electron chi connectivity index (χ1n) is 7.83. The normalized spacial score (nSPS) is 11.7. The summed E-state index contributed by atoms with van der Waals surface area (Å²) in [6, 6.07) is 16.7. The highest BCUT2D eigenvalue weighted by atomic mass is 32.1. The second-order valence-electron chi connectivity index (χ2n) is 5.67. The number of benzene rings is 2. The van der Waals surface area contributed by atoms with E-state index in [0.717, 1.165) is 15.2 Å². The lowest BCUT2D eigenvalue weighted by Crippen LogP contribution is -2.37. The van der Waals surface area contributed by atoms with Crippen LogP contribution in [0.2, 0.25) is 0 Å². The molecule has 0 fully saturated rings. The lowest BCUT2D eigenvalue weighted by atomic mass is 10.2. The summed E-state index contributed by atoms with van der Waals surface area (Å²) < 4.78 is 6.79. The molecule has 0 aliphatic heterocycles. The molecule has 0 saturated heterocycles. The van der Waals surface area contributed by atoms with Crippen LogP contribution in [-0.2, 0) is 11.3 Å². The van der Waals surface area contributed by atoms with E-state index in [9.17, 15) is 4.79 Å². The number of aromatic nitrogens is 1. The van der Waals surface area contributed by atoms with Crippen LogP contribution in [0.5, 0.6) is 5.75 Å². The Morgan fingerprint density at radius 2 is 2.00 bits per heavy atom. The number of nitrogens with zero attached hydrogens (tertiary/aromatic N) is 3. The molecule has 126 valence electrons. The number of amides is 1. The Kier molecular flexibility index (Phi) is 4.96. The molecule has 0 aliphatic rings. The van der Waals surface area contributed by atoms with Crippen molar-refractivity contribution in [2.45, 2.75) is 19.6 Å². The topological polar surface area (TPSA) is 66.2 Å². The van der Waals surface area contributed by atoms with Crippen LogP contribution in [0.1, 0.15) is 17.5 Å². The third kappa shape index (κ3) is 3.95. The number of hydrogen-bond acceptors (Lipinski definition) is 5. The van der Waals surface area contributed by atoms with Gasteiger partial charge >= 0.3 is 0 Å².